The van der Waals surface area contributed by atoms with E-state index < -0.39 is 5.60 Å². The van der Waals surface area contributed by atoms with Gasteiger partial charge in [-0.3, -0.25) is 4.79 Å². The summed E-state index contributed by atoms with van der Waals surface area (Å²) in [5, 5.41) is 0. The molecule has 0 spiro atoms. The minimum Gasteiger partial charge on any atom is -0.460 e. The van der Waals surface area contributed by atoms with E-state index in [1.807, 2.05) is 39.0 Å². The van der Waals surface area contributed by atoms with Crippen molar-refractivity contribution in [3.05, 3.63) is 35.9 Å². The zero-order valence-electron chi connectivity index (χ0n) is 11.0. The zero-order chi connectivity index (χ0) is 12.7. The smallest absolute Gasteiger partial charge is 0.310 e. The number of ether oxygens (including phenoxy) is 1. The highest BCUT2D eigenvalue weighted by Gasteiger charge is 2.56. The number of hydrogen-bond donors (Lipinski definition) is 0. The van der Waals surface area contributed by atoms with E-state index in [4.69, 9.17) is 4.74 Å². The van der Waals surface area contributed by atoms with Crippen LogP contribution in [0.5, 0.6) is 0 Å². The van der Waals surface area contributed by atoms with Crippen LogP contribution >= 0.6 is 0 Å². The van der Waals surface area contributed by atoms with Crippen molar-refractivity contribution >= 4 is 5.97 Å². The van der Waals surface area contributed by atoms with Crippen molar-refractivity contribution in [3.8, 4) is 0 Å². The van der Waals surface area contributed by atoms with Gasteiger partial charge in [0.05, 0.1) is 5.92 Å². The van der Waals surface area contributed by atoms with Crippen LogP contribution in [0.3, 0.4) is 0 Å². The lowest BCUT2D eigenvalue weighted by atomic mass is 9.95. The maximum atomic E-state index is 12.0. The minimum atomic E-state index is -0.392. The highest BCUT2D eigenvalue weighted by Crippen LogP contribution is 2.54. The Hall–Kier alpha value is -1.31. The molecule has 2 nitrogen and oxygen atoms in total. The van der Waals surface area contributed by atoms with E-state index in [1.165, 1.54) is 5.56 Å². The molecule has 1 aliphatic carbocycles. The molecule has 92 valence electrons. The molecule has 1 aromatic rings. The van der Waals surface area contributed by atoms with Crippen LogP contribution in [0.15, 0.2) is 30.3 Å². The van der Waals surface area contributed by atoms with Gasteiger partial charge >= 0.3 is 5.97 Å². The highest BCUT2D eigenvalue weighted by atomic mass is 16.6. The molecular formula is C15H20O2. The van der Waals surface area contributed by atoms with Gasteiger partial charge in [0.1, 0.15) is 5.60 Å². The number of rotatable bonds is 2. The fraction of sp³-hybridized carbons (Fsp3) is 0.533. The maximum Gasteiger partial charge on any atom is 0.310 e. The molecule has 0 amide bonds. The van der Waals surface area contributed by atoms with Crippen LogP contribution in [0, 0.1) is 5.92 Å². The number of carbonyl (C=O) groups excluding carboxylic acids is 1. The normalized spacial score (nSPS) is 27.6. The van der Waals surface area contributed by atoms with E-state index in [1.54, 1.807) is 0 Å². The van der Waals surface area contributed by atoms with Crippen molar-refractivity contribution in [3.63, 3.8) is 0 Å². The molecule has 2 heteroatoms. The van der Waals surface area contributed by atoms with Crippen LogP contribution < -0.4 is 0 Å². The van der Waals surface area contributed by atoms with Gasteiger partial charge in [0, 0.05) is 5.41 Å². The number of carbonyl (C=O) groups is 1. The third-order valence-corrected chi connectivity index (χ3v) is 3.36. The number of esters is 1. The van der Waals surface area contributed by atoms with Gasteiger partial charge in [0.2, 0.25) is 0 Å². The summed E-state index contributed by atoms with van der Waals surface area (Å²) in [6.07, 6.45) is 0.895. The first-order valence-corrected chi connectivity index (χ1v) is 6.11. The standard InChI is InChI=1S/C15H20O2/c1-14(2,3)17-13(16)12-10-15(12,4)11-8-6-5-7-9-11/h5-9,12H,10H2,1-4H3/t12-,15+/m0/s1. The van der Waals surface area contributed by atoms with Gasteiger partial charge in [0.15, 0.2) is 0 Å². The summed E-state index contributed by atoms with van der Waals surface area (Å²) >= 11 is 0. The Balaban J connectivity index is 2.07. The molecule has 2 rings (SSSR count). The molecule has 1 aromatic carbocycles. The highest BCUT2D eigenvalue weighted by molar-refractivity contribution is 5.79. The van der Waals surface area contributed by atoms with Crippen LogP contribution in [-0.2, 0) is 14.9 Å². The lowest BCUT2D eigenvalue weighted by Gasteiger charge is -2.20. The number of benzene rings is 1. The Morgan fingerprint density at radius 2 is 1.88 bits per heavy atom. The average molecular weight is 232 g/mol. The van der Waals surface area contributed by atoms with Crippen molar-refractivity contribution in [2.75, 3.05) is 0 Å². The molecule has 1 saturated carbocycles. The largest absolute Gasteiger partial charge is 0.460 e. The maximum absolute atomic E-state index is 12.0. The van der Waals surface area contributed by atoms with E-state index in [2.05, 4.69) is 19.1 Å². The fourth-order valence-corrected chi connectivity index (χ4v) is 2.22. The van der Waals surface area contributed by atoms with E-state index >= 15 is 0 Å². The lowest BCUT2D eigenvalue weighted by molar-refractivity contribution is -0.157. The first kappa shape index (κ1) is 12.2. The second-order valence-corrected chi connectivity index (χ2v) is 6.07. The topological polar surface area (TPSA) is 26.3 Å². The van der Waals surface area contributed by atoms with Gasteiger partial charge in [-0.1, -0.05) is 37.3 Å². The molecule has 0 aromatic heterocycles. The lowest BCUT2D eigenvalue weighted by Crippen LogP contribution is -2.26. The monoisotopic (exact) mass is 232 g/mol. The van der Waals surface area contributed by atoms with Crippen molar-refractivity contribution < 1.29 is 9.53 Å². The molecule has 0 heterocycles. The van der Waals surface area contributed by atoms with Gasteiger partial charge in [-0.15, -0.1) is 0 Å². The van der Waals surface area contributed by atoms with Crippen molar-refractivity contribution in [2.45, 2.75) is 45.1 Å². The average Bonchev–Trinajstić information content (AvgIpc) is 2.92. The molecular weight excluding hydrogens is 212 g/mol. The van der Waals surface area contributed by atoms with Gasteiger partial charge in [-0.05, 0) is 32.8 Å². The Labute approximate surface area is 103 Å². The van der Waals surface area contributed by atoms with Crippen molar-refractivity contribution in [2.24, 2.45) is 5.92 Å². The predicted octanol–water partition coefficient (Wildman–Crippen LogP) is 3.31. The first-order chi connectivity index (χ1) is 7.83. The molecule has 0 aliphatic heterocycles. The quantitative estimate of drug-likeness (QED) is 0.731. The van der Waals surface area contributed by atoms with Crippen molar-refractivity contribution in [1.29, 1.82) is 0 Å². The third-order valence-electron chi connectivity index (χ3n) is 3.36. The molecule has 17 heavy (non-hydrogen) atoms. The van der Waals surface area contributed by atoms with Gasteiger partial charge in [-0.2, -0.15) is 0 Å². The first-order valence-electron chi connectivity index (χ1n) is 6.11. The van der Waals surface area contributed by atoms with E-state index in [0.29, 0.717) is 0 Å². The Bertz CT molecular complexity index is 416. The molecule has 0 N–H and O–H groups in total. The van der Waals surface area contributed by atoms with Gasteiger partial charge in [0.25, 0.3) is 0 Å². The van der Waals surface area contributed by atoms with Crippen LogP contribution in [0.4, 0.5) is 0 Å². The Kier molecular flexibility index (Phi) is 2.76. The summed E-state index contributed by atoms with van der Waals surface area (Å²) in [5.74, 6) is -0.0482. The summed E-state index contributed by atoms with van der Waals surface area (Å²) in [6.45, 7) is 7.87. The fourth-order valence-electron chi connectivity index (χ4n) is 2.22. The van der Waals surface area contributed by atoms with Crippen LogP contribution in [-0.4, -0.2) is 11.6 Å². The second kappa shape index (κ2) is 3.86. The molecule has 1 aliphatic rings. The molecule has 0 bridgehead atoms. The van der Waals surface area contributed by atoms with Gasteiger partial charge in [-0.25, -0.2) is 0 Å². The molecule has 0 saturated heterocycles. The SMILES string of the molecule is CC(C)(C)OC(=O)[C@@H]1C[C@]1(C)c1ccccc1. The molecule has 1 fully saturated rings. The number of hydrogen-bond acceptors (Lipinski definition) is 2. The summed E-state index contributed by atoms with van der Waals surface area (Å²) in [6, 6.07) is 10.2. The second-order valence-electron chi connectivity index (χ2n) is 6.07. The summed E-state index contributed by atoms with van der Waals surface area (Å²) in [7, 11) is 0. The Morgan fingerprint density at radius 1 is 1.29 bits per heavy atom. The molecule has 0 radical (unpaired) electrons. The van der Waals surface area contributed by atoms with E-state index in [9.17, 15) is 4.79 Å². The molecule has 0 unspecified atom stereocenters. The Morgan fingerprint density at radius 3 is 2.41 bits per heavy atom. The zero-order valence-corrected chi connectivity index (χ0v) is 11.0. The van der Waals surface area contributed by atoms with Crippen LogP contribution in [0.1, 0.15) is 39.7 Å². The predicted molar refractivity (Wildman–Crippen MR) is 67.7 cm³/mol. The van der Waals surface area contributed by atoms with E-state index in [-0.39, 0.29) is 17.3 Å². The minimum absolute atomic E-state index is 0.0177. The van der Waals surface area contributed by atoms with Gasteiger partial charge < -0.3 is 4.74 Å². The summed E-state index contributed by atoms with van der Waals surface area (Å²) < 4.78 is 5.44. The summed E-state index contributed by atoms with van der Waals surface area (Å²) in [5.41, 5.74) is 0.816. The van der Waals surface area contributed by atoms with Crippen LogP contribution in [0.25, 0.3) is 0 Å². The molecule has 2 atom stereocenters. The van der Waals surface area contributed by atoms with Crippen molar-refractivity contribution in [1.82, 2.24) is 0 Å². The van der Waals surface area contributed by atoms with E-state index in [0.717, 1.165) is 6.42 Å². The van der Waals surface area contributed by atoms with Crippen LogP contribution in [0.2, 0.25) is 0 Å². The summed E-state index contributed by atoms with van der Waals surface area (Å²) in [4.78, 5) is 12.0. The third kappa shape index (κ3) is 2.51.